The third-order valence-corrected chi connectivity index (χ3v) is 1.59. The lowest BCUT2D eigenvalue weighted by Gasteiger charge is -2.04. The average molecular weight is 209 g/mol. The van der Waals surface area contributed by atoms with Gasteiger partial charge in [0.1, 0.15) is 5.82 Å². The molecule has 6 heteroatoms. The minimum atomic E-state index is -1.06. The van der Waals surface area contributed by atoms with Gasteiger partial charge in [0, 0.05) is 12.7 Å². The Bertz CT molecular complexity index is 379. The first kappa shape index (κ1) is 11.0. The molecule has 0 aliphatic rings. The molecule has 3 N–H and O–H groups in total. The number of aromatic carboxylic acids is 1. The molecule has 0 radical (unpaired) electrons. The molecule has 0 aliphatic heterocycles. The lowest BCUT2D eigenvalue weighted by atomic mass is 10.2. The van der Waals surface area contributed by atoms with Crippen molar-refractivity contribution < 1.29 is 14.7 Å². The summed E-state index contributed by atoms with van der Waals surface area (Å²) in [6, 6.07) is 2.23. The van der Waals surface area contributed by atoms with Gasteiger partial charge >= 0.3 is 12.0 Å². The summed E-state index contributed by atoms with van der Waals surface area (Å²) in [7, 11) is 0. The van der Waals surface area contributed by atoms with Crippen LogP contribution in [0.3, 0.4) is 0 Å². The first-order valence-corrected chi connectivity index (χ1v) is 4.37. The van der Waals surface area contributed by atoms with Crippen molar-refractivity contribution in [3.63, 3.8) is 0 Å². The number of carboxylic acid groups (broad SMARTS) is 1. The Kier molecular flexibility index (Phi) is 3.61. The van der Waals surface area contributed by atoms with Crippen LogP contribution in [0, 0.1) is 0 Å². The number of nitrogens with zero attached hydrogens (tertiary/aromatic N) is 1. The quantitative estimate of drug-likeness (QED) is 0.690. The van der Waals surface area contributed by atoms with Gasteiger partial charge in [-0.05, 0) is 19.1 Å². The summed E-state index contributed by atoms with van der Waals surface area (Å²) in [5.74, 6) is -0.850. The van der Waals surface area contributed by atoms with Crippen LogP contribution in [-0.4, -0.2) is 28.6 Å². The third-order valence-electron chi connectivity index (χ3n) is 1.59. The van der Waals surface area contributed by atoms with Crippen molar-refractivity contribution >= 4 is 17.8 Å². The summed E-state index contributed by atoms with van der Waals surface area (Å²) < 4.78 is 0. The topological polar surface area (TPSA) is 91.3 Å². The first-order valence-electron chi connectivity index (χ1n) is 4.37. The maximum Gasteiger partial charge on any atom is 0.335 e. The zero-order chi connectivity index (χ0) is 11.3. The van der Waals surface area contributed by atoms with Crippen molar-refractivity contribution in [2.45, 2.75) is 6.92 Å². The molecule has 0 aromatic carbocycles. The van der Waals surface area contributed by atoms with Crippen LogP contribution in [-0.2, 0) is 0 Å². The second-order valence-corrected chi connectivity index (χ2v) is 2.72. The van der Waals surface area contributed by atoms with Gasteiger partial charge in [-0.15, -0.1) is 0 Å². The van der Waals surface area contributed by atoms with E-state index in [0.717, 1.165) is 0 Å². The van der Waals surface area contributed by atoms with Crippen molar-refractivity contribution in [2.24, 2.45) is 0 Å². The maximum absolute atomic E-state index is 11.1. The van der Waals surface area contributed by atoms with Gasteiger partial charge in [0.2, 0.25) is 0 Å². The van der Waals surface area contributed by atoms with E-state index in [2.05, 4.69) is 15.6 Å². The van der Waals surface area contributed by atoms with Gasteiger partial charge in [0.25, 0.3) is 0 Å². The number of urea groups is 1. The predicted octanol–water partition coefficient (Wildman–Crippen LogP) is 0.921. The SMILES string of the molecule is CCNC(=O)Nc1cc(C(=O)O)ccn1. The summed E-state index contributed by atoms with van der Waals surface area (Å²) in [5, 5.41) is 13.6. The number of hydrogen-bond donors (Lipinski definition) is 3. The summed E-state index contributed by atoms with van der Waals surface area (Å²) in [6.07, 6.45) is 1.32. The largest absolute Gasteiger partial charge is 0.478 e. The van der Waals surface area contributed by atoms with E-state index in [0.29, 0.717) is 6.54 Å². The van der Waals surface area contributed by atoms with Gasteiger partial charge in [0.15, 0.2) is 0 Å². The highest BCUT2D eigenvalue weighted by Gasteiger charge is 2.05. The highest BCUT2D eigenvalue weighted by Crippen LogP contribution is 2.06. The van der Waals surface area contributed by atoms with Crippen LogP contribution >= 0.6 is 0 Å². The molecule has 1 rings (SSSR count). The number of pyridine rings is 1. The van der Waals surface area contributed by atoms with Crippen molar-refractivity contribution in [2.75, 3.05) is 11.9 Å². The lowest BCUT2D eigenvalue weighted by Crippen LogP contribution is -2.28. The van der Waals surface area contributed by atoms with E-state index < -0.39 is 12.0 Å². The maximum atomic E-state index is 11.1. The van der Waals surface area contributed by atoms with Crippen LogP contribution in [0.2, 0.25) is 0 Å². The molecule has 0 bridgehead atoms. The van der Waals surface area contributed by atoms with E-state index in [1.807, 2.05) is 0 Å². The fourth-order valence-corrected chi connectivity index (χ4v) is 0.953. The smallest absolute Gasteiger partial charge is 0.335 e. The molecule has 80 valence electrons. The van der Waals surface area contributed by atoms with Crippen LogP contribution < -0.4 is 10.6 Å². The van der Waals surface area contributed by atoms with Gasteiger partial charge in [-0.25, -0.2) is 14.6 Å². The second-order valence-electron chi connectivity index (χ2n) is 2.72. The molecule has 6 nitrogen and oxygen atoms in total. The highest BCUT2D eigenvalue weighted by atomic mass is 16.4. The predicted molar refractivity (Wildman–Crippen MR) is 53.9 cm³/mol. The zero-order valence-corrected chi connectivity index (χ0v) is 8.15. The van der Waals surface area contributed by atoms with Crippen molar-refractivity contribution in [3.8, 4) is 0 Å². The van der Waals surface area contributed by atoms with Crippen LogP contribution in [0.4, 0.5) is 10.6 Å². The number of carbonyl (C=O) groups excluding carboxylic acids is 1. The monoisotopic (exact) mass is 209 g/mol. The van der Waals surface area contributed by atoms with Gasteiger partial charge in [-0.2, -0.15) is 0 Å². The van der Waals surface area contributed by atoms with Gasteiger partial charge in [0.05, 0.1) is 5.56 Å². The third kappa shape index (κ3) is 3.26. The molecule has 0 saturated carbocycles. The number of carboxylic acids is 1. The average Bonchev–Trinajstić information content (AvgIpc) is 2.18. The summed E-state index contributed by atoms with van der Waals surface area (Å²) in [4.78, 5) is 25.5. The fraction of sp³-hybridized carbons (Fsp3) is 0.222. The molecule has 1 aromatic heterocycles. The molecular weight excluding hydrogens is 198 g/mol. The Morgan fingerprint density at radius 2 is 2.27 bits per heavy atom. The van der Waals surface area contributed by atoms with Gasteiger partial charge < -0.3 is 10.4 Å². The van der Waals surface area contributed by atoms with Gasteiger partial charge in [-0.1, -0.05) is 0 Å². The number of carbonyl (C=O) groups is 2. The van der Waals surface area contributed by atoms with E-state index in [-0.39, 0.29) is 11.4 Å². The van der Waals surface area contributed by atoms with Crippen molar-refractivity contribution in [1.82, 2.24) is 10.3 Å². The first-order chi connectivity index (χ1) is 7.13. The van der Waals surface area contributed by atoms with E-state index >= 15 is 0 Å². The molecule has 1 aromatic rings. The Morgan fingerprint density at radius 3 is 2.87 bits per heavy atom. The number of rotatable bonds is 3. The Morgan fingerprint density at radius 1 is 1.53 bits per heavy atom. The fourth-order valence-electron chi connectivity index (χ4n) is 0.953. The number of nitrogens with one attached hydrogen (secondary N) is 2. The second kappa shape index (κ2) is 4.94. The van der Waals surface area contributed by atoms with E-state index in [4.69, 9.17) is 5.11 Å². The highest BCUT2D eigenvalue weighted by molar-refractivity contribution is 5.91. The lowest BCUT2D eigenvalue weighted by molar-refractivity contribution is 0.0696. The normalized spacial score (nSPS) is 9.40. The molecule has 2 amide bonds. The Balaban J connectivity index is 2.73. The molecule has 0 atom stereocenters. The Labute approximate surface area is 86.3 Å². The summed E-state index contributed by atoms with van der Waals surface area (Å²) in [5.41, 5.74) is 0.0804. The molecule has 0 spiro atoms. The van der Waals surface area contributed by atoms with Crippen LogP contribution in [0.1, 0.15) is 17.3 Å². The molecular formula is C9H11N3O3. The summed E-state index contributed by atoms with van der Waals surface area (Å²) >= 11 is 0. The molecule has 15 heavy (non-hydrogen) atoms. The number of aromatic nitrogens is 1. The molecule has 0 unspecified atom stereocenters. The van der Waals surface area contributed by atoms with E-state index in [1.54, 1.807) is 6.92 Å². The Hall–Kier alpha value is -2.11. The number of anilines is 1. The minimum Gasteiger partial charge on any atom is -0.478 e. The van der Waals surface area contributed by atoms with E-state index in [1.165, 1.54) is 18.3 Å². The van der Waals surface area contributed by atoms with Crippen molar-refractivity contribution in [3.05, 3.63) is 23.9 Å². The van der Waals surface area contributed by atoms with Crippen LogP contribution in [0.15, 0.2) is 18.3 Å². The molecule has 0 aliphatic carbocycles. The number of hydrogen-bond acceptors (Lipinski definition) is 3. The standard InChI is InChI=1S/C9H11N3O3/c1-2-10-9(15)12-7-5-6(8(13)14)3-4-11-7/h3-5H,2H2,1H3,(H,13,14)(H2,10,11,12,15). The zero-order valence-electron chi connectivity index (χ0n) is 8.15. The van der Waals surface area contributed by atoms with Gasteiger partial charge in [-0.3, -0.25) is 5.32 Å². The summed E-state index contributed by atoms with van der Waals surface area (Å²) in [6.45, 7) is 2.27. The van der Waals surface area contributed by atoms with Crippen LogP contribution in [0.5, 0.6) is 0 Å². The van der Waals surface area contributed by atoms with Crippen molar-refractivity contribution in [1.29, 1.82) is 0 Å². The van der Waals surface area contributed by atoms with E-state index in [9.17, 15) is 9.59 Å². The number of amides is 2. The van der Waals surface area contributed by atoms with Crippen LogP contribution in [0.25, 0.3) is 0 Å². The molecule has 0 fully saturated rings. The minimum absolute atomic E-state index is 0.0804. The molecule has 1 heterocycles. The molecule has 0 saturated heterocycles.